The van der Waals surface area contributed by atoms with Crippen molar-refractivity contribution in [2.24, 2.45) is 5.92 Å². The fourth-order valence-electron chi connectivity index (χ4n) is 1.64. The SMILES string of the molecule is CC(C)C(C)(C)OB(OF)c1cccc2ncoc12. The van der Waals surface area contributed by atoms with Crippen molar-refractivity contribution >= 4 is 23.7 Å². The van der Waals surface area contributed by atoms with E-state index >= 15 is 0 Å². The van der Waals surface area contributed by atoms with Crippen molar-refractivity contribution in [1.29, 1.82) is 0 Å². The second-order valence-electron chi connectivity index (χ2n) is 5.34. The number of hydrogen-bond acceptors (Lipinski definition) is 4. The predicted octanol–water partition coefficient (Wildman–Crippen LogP) is 2.88. The van der Waals surface area contributed by atoms with Crippen LogP contribution in [0.1, 0.15) is 27.7 Å². The summed E-state index contributed by atoms with van der Waals surface area (Å²) >= 11 is 0. The van der Waals surface area contributed by atoms with Gasteiger partial charge < -0.3 is 9.07 Å². The molecule has 0 spiro atoms. The van der Waals surface area contributed by atoms with Crippen LogP contribution in [0, 0.1) is 5.92 Å². The van der Waals surface area contributed by atoms with Gasteiger partial charge in [0.05, 0.1) is 5.60 Å². The summed E-state index contributed by atoms with van der Waals surface area (Å²) in [5.41, 5.74) is 1.08. The Morgan fingerprint density at radius 2 is 2.11 bits per heavy atom. The minimum atomic E-state index is -1.13. The maximum atomic E-state index is 12.9. The Bertz CT molecular complexity index is 556. The smallest absolute Gasteiger partial charge is 0.444 e. The molecular formula is C13H17BFNO3. The molecule has 1 heterocycles. The minimum Gasteiger partial charge on any atom is -0.444 e. The second-order valence-corrected chi connectivity index (χ2v) is 5.34. The van der Waals surface area contributed by atoms with Crippen LogP contribution < -0.4 is 5.46 Å². The Kier molecular flexibility index (Phi) is 3.92. The summed E-state index contributed by atoms with van der Waals surface area (Å²) in [6.07, 6.45) is 1.32. The van der Waals surface area contributed by atoms with E-state index in [-0.39, 0.29) is 5.92 Å². The summed E-state index contributed by atoms with van der Waals surface area (Å²) in [7, 11) is -1.13. The van der Waals surface area contributed by atoms with Gasteiger partial charge in [0.2, 0.25) is 0 Å². The number of aromatic nitrogens is 1. The molecule has 102 valence electrons. The largest absolute Gasteiger partial charge is 0.536 e. The average molecular weight is 265 g/mol. The van der Waals surface area contributed by atoms with Crippen LogP contribution in [0.3, 0.4) is 0 Å². The van der Waals surface area contributed by atoms with Gasteiger partial charge in [0.15, 0.2) is 12.0 Å². The first-order valence-corrected chi connectivity index (χ1v) is 6.23. The van der Waals surface area contributed by atoms with Crippen molar-refractivity contribution in [2.75, 3.05) is 0 Å². The van der Waals surface area contributed by atoms with E-state index in [9.17, 15) is 4.53 Å². The summed E-state index contributed by atoms with van der Waals surface area (Å²) < 4.78 is 23.9. The Morgan fingerprint density at radius 1 is 1.37 bits per heavy atom. The number of fused-ring (bicyclic) bond motifs is 1. The van der Waals surface area contributed by atoms with E-state index in [1.807, 2.05) is 27.7 Å². The number of rotatable bonds is 5. The Hall–Kier alpha value is -1.40. The molecule has 2 aromatic rings. The number of para-hydroxylation sites is 1. The van der Waals surface area contributed by atoms with Gasteiger partial charge >= 0.3 is 7.12 Å². The van der Waals surface area contributed by atoms with Crippen LogP contribution in [0.25, 0.3) is 11.1 Å². The van der Waals surface area contributed by atoms with E-state index in [4.69, 9.17) is 9.07 Å². The summed E-state index contributed by atoms with van der Waals surface area (Å²) in [5, 5.41) is 0. The molecule has 0 bridgehead atoms. The molecule has 0 saturated carbocycles. The molecule has 2 rings (SSSR count). The van der Waals surface area contributed by atoms with Gasteiger partial charge in [-0.15, -0.1) is 0 Å². The number of oxazole rings is 1. The number of hydrogen-bond donors (Lipinski definition) is 0. The van der Waals surface area contributed by atoms with Gasteiger partial charge in [-0.05, 0) is 25.8 Å². The third-order valence-corrected chi connectivity index (χ3v) is 3.52. The first-order chi connectivity index (χ1) is 8.95. The fraction of sp³-hybridized carbons (Fsp3) is 0.462. The standard InChI is InChI=1S/C13H17BFNO3/c1-9(2)13(3,4)18-14(19-15)10-6-5-7-11-12(10)17-8-16-11/h5-9H,1-4H3. The van der Waals surface area contributed by atoms with Crippen molar-refractivity contribution in [1.82, 2.24) is 4.98 Å². The zero-order chi connectivity index (χ0) is 14.0. The zero-order valence-corrected chi connectivity index (χ0v) is 11.5. The van der Waals surface area contributed by atoms with Crippen LogP contribution in [0.4, 0.5) is 4.53 Å². The average Bonchev–Trinajstić information content (AvgIpc) is 2.83. The molecule has 0 aliphatic carbocycles. The van der Waals surface area contributed by atoms with E-state index in [0.29, 0.717) is 16.6 Å². The Balaban J connectivity index is 2.34. The van der Waals surface area contributed by atoms with Crippen molar-refractivity contribution in [2.45, 2.75) is 33.3 Å². The number of nitrogens with zero attached hydrogens (tertiary/aromatic N) is 1. The van der Waals surface area contributed by atoms with E-state index in [1.54, 1.807) is 18.2 Å². The Morgan fingerprint density at radius 3 is 2.74 bits per heavy atom. The molecular weight excluding hydrogens is 248 g/mol. The lowest BCUT2D eigenvalue weighted by Gasteiger charge is -2.31. The van der Waals surface area contributed by atoms with E-state index < -0.39 is 12.7 Å². The highest BCUT2D eigenvalue weighted by Gasteiger charge is 2.35. The van der Waals surface area contributed by atoms with Gasteiger partial charge in [-0.3, -0.25) is 0 Å². The van der Waals surface area contributed by atoms with Gasteiger partial charge in [0, 0.05) is 5.46 Å². The summed E-state index contributed by atoms with van der Waals surface area (Å²) in [4.78, 5) is 8.02. The third-order valence-electron chi connectivity index (χ3n) is 3.52. The quantitative estimate of drug-likeness (QED) is 0.780. The van der Waals surface area contributed by atoms with Crippen molar-refractivity contribution in [3.63, 3.8) is 0 Å². The molecule has 0 aliphatic rings. The molecule has 6 heteroatoms. The van der Waals surface area contributed by atoms with E-state index in [1.165, 1.54) is 6.39 Å². The maximum Gasteiger partial charge on any atom is 0.536 e. The lowest BCUT2D eigenvalue weighted by Crippen LogP contribution is -2.45. The number of halogens is 1. The molecule has 0 aliphatic heterocycles. The molecule has 0 atom stereocenters. The zero-order valence-electron chi connectivity index (χ0n) is 11.5. The molecule has 0 fully saturated rings. The predicted molar refractivity (Wildman–Crippen MR) is 71.6 cm³/mol. The molecule has 19 heavy (non-hydrogen) atoms. The van der Waals surface area contributed by atoms with Gasteiger partial charge in [-0.25, -0.2) is 9.84 Å². The van der Waals surface area contributed by atoms with Gasteiger partial charge in [-0.1, -0.05) is 30.5 Å². The first-order valence-electron chi connectivity index (χ1n) is 6.23. The van der Waals surface area contributed by atoms with Crippen LogP contribution >= 0.6 is 0 Å². The lowest BCUT2D eigenvalue weighted by atomic mass is 9.76. The highest BCUT2D eigenvalue weighted by molar-refractivity contribution is 6.63. The summed E-state index contributed by atoms with van der Waals surface area (Å²) in [5.74, 6) is 0.207. The Labute approximate surface area is 112 Å². The molecule has 1 aromatic carbocycles. The number of benzene rings is 1. The normalized spacial score (nSPS) is 12.3. The van der Waals surface area contributed by atoms with Crippen LogP contribution in [0.5, 0.6) is 0 Å². The van der Waals surface area contributed by atoms with Gasteiger partial charge in [0.25, 0.3) is 0 Å². The minimum absolute atomic E-state index is 0.207. The van der Waals surface area contributed by atoms with E-state index in [2.05, 4.69) is 9.84 Å². The summed E-state index contributed by atoms with van der Waals surface area (Å²) in [6, 6.07) is 5.25. The van der Waals surface area contributed by atoms with Crippen LogP contribution in [0.2, 0.25) is 0 Å². The van der Waals surface area contributed by atoms with Crippen molar-refractivity contribution in [3.8, 4) is 0 Å². The highest BCUT2D eigenvalue weighted by Crippen LogP contribution is 2.22. The first kappa shape index (κ1) is 14.0. The molecule has 0 saturated heterocycles. The lowest BCUT2D eigenvalue weighted by molar-refractivity contribution is -0.0650. The topological polar surface area (TPSA) is 44.5 Å². The van der Waals surface area contributed by atoms with E-state index in [0.717, 1.165) is 0 Å². The second kappa shape index (κ2) is 5.31. The monoisotopic (exact) mass is 265 g/mol. The molecule has 1 aromatic heterocycles. The van der Waals surface area contributed by atoms with Crippen molar-refractivity contribution in [3.05, 3.63) is 24.6 Å². The van der Waals surface area contributed by atoms with Gasteiger partial charge in [0.1, 0.15) is 5.52 Å². The van der Waals surface area contributed by atoms with Crippen molar-refractivity contribution < 1.29 is 18.5 Å². The van der Waals surface area contributed by atoms with Crippen LogP contribution in [-0.4, -0.2) is 17.7 Å². The van der Waals surface area contributed by atoms with Crippen LogP contribution in [-0.2, 0) is 9.51 Å². The fourth-order valence-corrected chi connectivity index (χ4v) is 1.64. The molecule has 0 N–H and O–H groups in total. The molecule has 4 nitrogen and oxygen atoms in total. The maximum absolute atomic E-state index is 12.9. The molecule has 0 radical (unpaired) electrons. The highest BCUT2D eigenvalue weighted by atomic mass is 19.3. The third kappa shape index (κ3) is 2.79. The summed E-state index contributed by atoms with van der Waals surface area (Å²) in [6.45, 7) is 7.79. The molecule has 0 amide bonds. The molecule has 0 unspecified atom stereocenters. The van der Waals surface area contributed by atoms with Crippen LogP contribution in [0.15, 0.2) is 29.0 Å². The van der Waals surface area contributed by atoms with Gasteiger partial charge in [-0.2, -0.15) is 0 Å².